The second-order valence-corrected chi connectivity index (χ2v) is 3.91. The van der Waals surface area contributed by atoms with Crippen LogP contribution in [0, 0.1) is 0 Å². The number of amides is 1. The van der Waals surface area contributed by atoms with Crippen LogP contribution in [0.5, 0.6) is 5.75 Å². The van der Waals surface area contributed by atoms with Gasteiger partial charge in [-0.25, -0.2) is 0 Å². The molecule has 16 heavy (non-hydrogen) atoms. The third-order valence-corrected chi connectivity index (χ3v) is 2.55. The highest BCUT2D eigenvalue weighted by Crippen LogP contribution is 2.18. The second kappa shape index (κ2) is 5.51. The van der Waals surface area contributed by atoms with Crippen molar-refractivity contribution < 1.29 is 9.90 Å². The number of carbonyl (C=O) groups is 1. The van der Waals surface area contributed by atoms with Crippen molar-refractivity contribution in [2.24, 2.45) is 5.73 Å². The molecule has 0 aliphatic rings. The van der Waals surface area contributed by atoms with Gasteiger partial charge >= 0.3 is 0 Å². The van der Waals surface area contributed by atoms with Gasteiger partial charge in [-0.15, -0.1) is 0 Å². The molecule has 0 radical (unpaired) electrons. The minimum atomic E-state index is -0.554. The van der Waals surface area contributed by atoms with Crippen LogP contribution in [-0.4, -0.2) is 17.1 Å². The molecule has 4 N–H and O–H groups in total. The van der Waals surface area contributed by atoms with Crippen LogP contribution >= 0.6 is 0 Å². The van der Waals surface area contributed by atoms with Gasteiger partial charge in [-0.2, -0.15) is 0 Å². The summed E-state index contributed by atoms with van der Waals surface area (Å²) in [5.41, 5.74) is 6.03. The molecule has 2 atom stereocenters. The number of phenolic OH excluding ortho intramolecular Hbond substituents is 1. The number of benzene rings is 1. The number of rotatable bonds is 5. The molecule has 1 aromatic carbocycles. The highest BCUT2D eigenvalue weighted by Gasteiger charge is 2.19. The van der Waals surface area contributed by atoms with Gasteiger partial charge in [0.25, 0.3) is 0 Å². The lowest BCUT2D eigenvalue weighted by Gasteiger charge is -2.20. The van der Waals surface area contributed by atoms with Gasteiger partial charge in [-0.1, -0.05) is 19.1 Å². The highest BCUT2D eigenvalue weighted by atomic mass is 16.3. The molecule has 4 nitrogen and oxygen atoms in total. The van der Waals surface area contributed by atoms with Gasteiger partial charge in [0, 0.05) is 6.04 Å². The average Bonchev–Trinajstić information content (AvgIpc) is 2.25. The molecule has 0 spiro atoms. The topological polar surface area (TPSA) is 75.3 Å². The SMILES string of the molecule is CCC(C)NC(C(N)=O)c1cccc(O)c1. The summed E-state index contributed by atoms with van der Waals surface area (Å²) in [4.78, 5) is 11.3. The summed E-state index contributed by atoms with van der Waals surface area (Å²) >= 11 is 0. The van der Waals surface area contributed by atoms with Gasteiger partial charge < -0.3 is 10.8 Å². The molecule has 0 saturated carbocycles. The lowest BCUT2D eigenvalue weighted by molar-refractivity contribution is -0.120. The van der Waals surface area contributed by atoms with Crippen molar-refractivity contribution in [1.82, 2.24) is 5.32 Å². The zero-order valence-corrected chi connectivity index (χ0v) is 9.60. The predicted molar refractivity (Wildman–Crippen MR) is 62.9 cm³/mol. The van der Waals surface area contributed by atoms with Crippen molar-refractivity contribution in [3.63, 3.8) is 0 Å². The van der Waals surface area contributed by atoms with Crippen LogP contribution in [0.1, 0.15) is 31.9 Å². The van der Waals surface area contributed by atoms with E-state index < -0.39 is 11.9 Å². The minimum Gasteiger partial charge on any atom is -0.508 e. The van der Waals surface area contributed by atoms with Crippen LogP contribution in [0.25, 0.3) is 0 Å². The van der Waals surface area contributed by atoms with E-state index in [-0.39, 0.29) is 11.8 Å². The Kier molecular flexibility index (Phi) is 4.31. The zero-order chi connectivity index (χ0) is 12.1. The molecular formula is C12H18N2O2. The summed E-state index contributed by atoms with van der Waals surface area (Å²) < 4.78 is 0. The number of hydrogen-bond acceptors (Lipinski definition) is 3. The molecule has 0 heterocycles. The van der Waals surface area contributed by atoms with Crippen molar-refractivity contribution in [3.05, 3.63) is 29.8 Å². The molecule has 0 aliphatic carbocycles. The smallest absolute Gasteiger partial charge is 0.239 e. The van der Waals surface area contributed by atoms with Crippen molar-refractivity contribution in [2.45, 2.75) is 32.4 Å². The fourth-order valence-corrected chi connectivity index (χ4v) is 1.45. The van der Waals surface area contributed by atoms with Crippen LogP contribution in [0.4, 0.5) is 0 Å². The summed E-state index contributed by atoms with van der Waals surface area (Å²) in [6.45, 7) is 4.01. The first-order valence-corrected chi connectivity index (χ1v) is 5.39. The molecule has 1 amide bonds. The molecule has 2 unspecified atom stereocenters. The average molecular weight is 222 g/mol. The third-order valence-electron chi connectivity index (χ3n) is 2.55. The van der Waals surface area contributed by atoms with Crippen molar-refractivity contribution in [3.8, 4) is 5.75 Å². The highest BCUT2D eigenvalue weighted by molar-refractivity contribution is 5.81. The van der Waals surface area contributed by atoms with E-state index in [9.17, 15) is 9.90 Å². The molecule has 0 saturated heterocycles. The number of nitrogens with two attached hydrogens (primary N) is 1. The molecular weight excluding hydrogens is 204 g/mol. The Bertz CT molecular complexity index is 366. The number of aromatic hydroxyl groups is 1. The summed E-state index contributed by atoms with van der Waals surface area (Å²) in [6.07, 6.45) is 0.905. The maximum Gasteiger partial charge on any atom is 0.239 e. The molecule has 1 rings (SSSR count). The van der Waals surface area contributed by atoms with Gasteiger partial charge in [-0.3, -0.25) is 10.1 Å². The fraction of sp³-hybridized carbons (Fsp3) is 0.417. The monoisotopic (exact) mass is 222 g/mol. The Labute approximate surface area is 95.5 Å². The van der Waals surface area contributed by atoms with Gasteiger partial charge in [0.15, 0.2) is 0 Å². The molecule has 88 valence electrons. The van der Waals surface area contributed by atoms with Gasteiger partial charge in [0.05, 0.1) is 0 Å². The van der Waals surface area contributed by atoms with Gasteiger partial charge in [-0.05, 0) is 31.0 Å². The first-order chi connectivity index (χ1) is 7.54. The number of phenols is 1. The van der Waals surface area contributed by atoms with E-state index in [0.717, 1.165) is 6.42 Å². The summed E-state index contributed by atoms with van der Waals surface area (Å²) in [5, 5.41) is 12.5. The first-order valence-electron chi connectivity index (χ1n) is 5.39. The van der Waals surface area contributed by atoms with Crippen LogP contribution in [0.3, 0.4) is 0 Å². The second-order valence-electron chi connectivity index (χ2n) is 3.91. The standard InChI is InChI=1S/C12H18N2O2/c1-3-8(2)14-11(12(13)16)9-5-4-6-10(15)7-9/h4-8,11,14-15H,3H2,1-2H3,(H2,13,16). The molecule has 4 heteroatoms. The van der Waals surface area contributed by atoms with Crippen LogP contribution < -0.4 is 11.1 Å². The predicted octanol–water partition coefficient (Wildman–Crippen LogP) is 1.31. The van der Waals surface area contributed by atoms with E-state index in [1.54, 1.807) is 24.3 Å². The lowest BCUT2D eigenvalue weighted by Crippen LogP contribution is -2.38. The minimum absolute atomic E-state index is 0.134. The normalized spacial score (nSPS) is 14.4. The van der Waals surface area contributed by atoms with E-state index >= 15 is 0 Å². The number of primary amides is 1. The number of carbonyl (C=O) groups excluding carboxylic acids is 1. The van der Waals surface area contributed by atoms with Gasteiger partial charge in [0.2, 0.25) is 5.91 Å². The zero-order valence-electron chi connectivity index (χ0n) is 9.60. The van der Waals surface area contributed by atoms with Crippen LogP contribution in [0.15, 0.2) is 24.3 Å². The van der Waals surface area contributed by atoms with Crippen LogP contribution in [-0.2, 0) is 4.79 Å². The van der Waals surface area contributed by atoms with E-state index in [1.165, 1.54) is 0 Å². The maximum absolute atomic E-state index is 11.3. The quantitative estimate of drug-likeness (QED) is 0.703. The van der Waals surface area contributed by atoms with Crippen molar-refractivity contribution in [1.29, 1.82) is 0 Å². The van der Waals surface area contributed by atoms with Crippen molar-refractivity contribution >= 4 is 5.91 Å². The Morgan fingerprint density at radius 1 is 1.56 bits per heavy atom. The lowest BCUT2D eigenvalue weighted by atomic mass is 10.0. The fourth-order valence-electron chi connectivity index (χ4n) is 1.45. The van der Waals surface area contributed by atoms with E-state index in [4.69, 9.17) is 5.73 Å². The third kappa shape index (κ3) is 3.24. The Balaban J connectivity index is 2.89. The molecule has 1 aromatic rings. The molecule has 0 fully saturated rings. The van der Waals surface area contributed by atoms with Crippen LogP contribution in [0.2, 0.25) is 0 Å². The summed E-state index contributed by atoms with van der Waals surface area (Å²) in [7, 11) is 0. The molecule has 0 aromatic heterocycles. The number of hydrogen-bond donors (Lipinski definition) is 3. The molecule has 0 aliphatic heterocycles. The summed E-state index contributed by atoms with van der Waals surface area (Å²) in [5.74, 6) is -0.305. The number of nitrogens with one attached hydrogen (secondary N) is 1. The largest absolute Gasteiger partial charge is 0.508 e. The summed E-state index contributed by atoms with van der Waals surface area (Å²) in [6, 6.07) is 6.21. The maximum atomic E-state index is 11.3. The first kappa shape index (κ1) is 12.5. The van der Waals surface area contributed by atoms with E-state index in [1.807, 2.05) is 13.8 Å². The molecule has 0 bridgehead atoms. The Morgan fingerprint density at radius 3 is 2.75 bits per heavy atom. The van der Waals surface area contributed by atoms with Crippen molar-refractivity contribution in [2.75, 3.05) is 0 Å². The van der Waals surface area contributed by atoms with E-state index in [2.05, 4.69) is 5.32 Å². The Morgan fingerprint density at radius 2 is 2.25 bits per heavy atom. The van der Waals surface area contributed by atoms with E-state index in [0.29, 0.717) is 5.56 Å². The van der Waals surface area contributed by atoms with Gasteiger partial charge in [0.1, 0.15) is 11.8 Å². The Hall–Kier alpha value is -1.55.